The summed E-state index contributed by atoms with van der Waals surface area (Å²) in [5.41, 5.74) is 9.60. The third-order valence-corrected chi connectivity index (χ3v) is 2.93. The van der Waals surface area contributed by atoms with Crippen LogP contribution in [0.5, 0.6) is 0 Å². The minimum absolute atomic E-state index is 0.0910. The normalized spacial score (nSPS) is 18.6. The van der Waals surface area contributed by atoms with Crippen molar-refractivity contribution in [1.29, 1.82) is 0 Å². The van der Waals surface area contributed by atoms with Gasteiger partial charge >= 0.3 is 0 Å². The number of fused-ring (bicyclic) bond motifs is 1. The van der Waals surface area contributed by atoms with Crippen LogP contribution in [0.2, 0.25) is 0 Å². The number of benzene rings is 1. The van der Waals surface area contributed by atoms with Crippen molar-refractivity contribution in [1.82, 2.24) is 9.97 Å². The molecule has 3 heteroatoms. The van der Waals surface area contributed by atoms with E-state index >= 15 is 0 Å². The summed E-state index contributed by atoms with van der Waals surface area (Å²) in [6, 6.07) is 6.32. The molecule has 0 radical (unpaired) electrons. The van der Waals surface area contributed by atoms with Gasteiger partial charge in [-0.2, -0.15) is 0 Å². The van der Waals surface area contributed by atoms with Crippen LogP contribution in [0.25, 0.3) is 11.0 Å². The molecule has 2 aromatic rings. The van der Waals surface area contributed by atoms with E-state index in [1.807, 2.05) is 6.07 Å². The van der Waals surface area contributed by atoms with Crippen molar-refractivity contribution < 1.29 is 0 Å². The van der Waals surface area contributed by atoms with Gasteiger partial charge in [-0.15, -0.1) is 0 Å². The second-order valence-corrected chi connectivity index (χ2v) is 4.29. The predicted molar refractivity (Wildman–Crippen MR) is 56.0 cm³/mol. The van der Waals surface area contributed by atoms with Gasteiger partial charge in [0.15, 0.2) is 0 Å². The van der Waals surface area contributed by atoms with Crippen LogP contribution in [0.3, 0.4) is 0 Å². The highest BCUT2D eigenvalue weighted by Gasteiger charge is 2.37. The van der Waals surface area contributed by atoms with E-state index in [4.69, 9.17) is 5.73 Å². The van der Waals surface area contributed by atoms with Gasteiger partial charge in [-0.25, -0.2) is 4.98 Å². The van der Waals surface area contributed by atoms with Crippen LogP contribution in [-0.2, 0) is 6.42 Å². The Balaban J connectivity index is 1.97. The summed E-state index contributed by atoms with van der Waals surface area (Å²) in [7, 11) is 0. The first-order chi connectivity index (χ1) is 6.75. The third-order valence-electron chi connectivity index (χ3n) is 2.93. The molecular formula is C11H13N3. The van der Waals surface area contributed by atoms with Crippen molar-refractivity contribution in [3.05, 3.63) is 30.1 Å². The Morgan fingerprint density at radius 3 is 3.07 bits per heavy atom. The van der Waals surface area contributed by atoms with Crippen LogP contribution in [0.15, 0.2) is 24.5 Å². The largest absolute Gasteiger partial charge is 0.345 e. The van der Waals surface area contributed by atoms with Gasteiger partial charge in [0.2, 0.25) is 0 Å². The maximum absolute atomic E-state index is 6.07. The van der Waals surface area contributed by atoms with Crippen LogP contribution >= 0.6 is 0 Å². The van der Waals surface area contributed by atoms with Crippen molar-refractivity contribution in [2.24, 2.45) is 5.73 Å². The zero-order chi connectivity index (χ0) is 9.60. The molecule has 1 aromatic carbocycles. The monoisotopic (exact) mass is 187 g/mol. The highest BCUT2D eigenvalue weighted by Crippen LogP contribution is 2.35. The van der Waals surface area contributed by atoms with Gasteiger partial charge in [-0.1, -0.05) is 6.07 Å². The predicted octanol–water partition coefficient (Wildman–Crippen LogP) is 1.60. The molecule has 0 amide bonds. The molecule has 3 nitrogen and oxygen atoms in total. The molecule has 1 saturated carbocycles. The number of hydrogen-bond donors (Lipinski definition) is 2. The maximum Gasteiger partial charge on any atom is 0.0931 e. The molecule has 0 saturated heterocycles. The number of hydrogen-bond acceptors (Lipinski definition) is 2. The first kappa shape index (κ1) is 8.00. The van der Waals surface area contributed by atoms with E-state index in [1.54, 1.807) is 6.33 Å². The van der Waals surface area contributed by atoms with Gasteiger partial charge in [0.05, 0.1) is 17.4 Å². The molecule has 3 N–H and O–H groups in total. The number of nitrogens with two attached hydrogens (primary N) is 1. The molecule has 0 bridgehead atoms. The van der Waals surface area contributed by atoms with E-state index < -0.39 is 0 Å². The number of imidazole rings is 1. The number of nitrogens with zero attached hydrogens (tertiary/aromatic N) is 1. The van der Waals surface area contributed by atoms with E-state index in [2.05, 4.69) is 22.1 Å². The molecule has 0 atom stereocenters. The summed E-state index contributed by atoms with van der Waals surface area (Å²) >= 11 is 0. The zero-order valence-electron chi connectivity index (χ0n) is 7.96. The lowest BCUT2D eigenvalue weighted by Crippen LogP contribution is -2.24. The number of aromatic amines is 1. The van der Waals surface area contributed by atoms with Crippen LogP contribution in [0.1, 0.15) is 18.4 Å². The summed E-state index contributed by atoms with van der Waals surface area (Å²) < 4.78 is 0. The lowest BCUT2D eigenvalue weighted by atomic mass is 10.0. The van der Waals surface area contributed by atoms with E-state index in [-0.39, 0.29) is 5.54 Å². The fraction of sp³-hybridized carbons (Fsp3) is 0.364. The molecule has 1 aliphatic rings. The Kier molecular flexibility index (Phi) is 1.47. The van der Waals surface area contributed by atoms with Crippen molar-refractivity contribution in [3.63, 3.8) is 0 Å². The van der Waals surface area contributed by atoms with Gasteiger partial charge in [-0.05, 0) is 37.0 Å². The Hall–Kier alpha value is -1.35. The van der Waals surface area contributed by atoms with Crippen LogP contribution in [-0.4, -0.2) is 15.5 Å². The Morgan fingerprint density at radius 1 is 1.43 bits per heavy atom. The highest BCUT2D eigenvalue weighted by atomic mass is 14.9. The first-order valence-corrected chi connectivity index (χ1v) is 4.96. The smallest absolute Gasteiger partial charge is 0.0931 e. The first-order valence-electron chi connectivity index (χ1n) is 4.96. The second kappa shape index (κ2) is 2.58. The Morgan fingerprint density at radius 2 is 2.29 bits per heavy atom. The van der Waals surface area contributed by atoms with Gasteiger partial charge in [-0.3, -0.25) is 0 Å². The Bertz CT molecular complexity index is 468. The lowest BCUT2D eigenvalue weighted by Gasteiger charge is -2.07. The van der Waals surface area contributed by atoms with Crippen LogP contribution in [0, 0.1) is 0 Å². The summed E-state index contributed by atoms with van der Waals surface area (Å²) in [6.45, 7) is 0. The molecular weight excluding hydrogens is 174 g/mol. The molecule has 1 aliphatic carbocycles. The summed E-state index contributed by atoms with van der Waals surface area (Å²) in [5.74, 6) is 0. The summed E-state index contributed by atoms with van der Waals surface area (Å²) in [6.07, 6.45) is 5.04. The fourth-order valence-corrected chi connectivity index (χ4v) is 1.84. The molecule has 0 spiro atoms. The Labute approximate surface area is 82.3 Å². The topological polar surface area (TPSA) is 54.7 Å². The average molecular weight is 187 g/mol. The minimum Gasteiger partial charge on any atom is -0.345 e. The standard InChI is InChI=1S/C11H13N3/c12-11(3-4-11)6-8-1-2-9-10(5-8)14-7-13-9/h1-2,5,7H,3-4,6,12H2,(H,13,14). The molecule has 14 heavy (non-hydrogen) atoms. The number of rotatable bonds is 2. The summed E-state index contributed by atoms with van der Waals surface area (Å²) in [5, 5.41) is 0. The molecule has 0 aliphatic heterocycles. The molecule has 1 aromatic heterocycles. The minimum atomic E-state index is 0.0910. The van der Waals surface area contributed by atoms with Gasteiger partial charge in [0, 0.05) is 5.54 Å². The molecule has 1 heterocycles. The maximum atomic E-state index is 6.07. The highest BCUT2D eigenvalue weighted by molar-refractivity contribution is 5.75. The van der Waals surface area contributed by atoms with Crippen molar-refractivity contribution in [2.45, 2.75) is 24.8 Å². The van der Waals surface area contributed by atoms with Gasteiger partial charge in [0.1, 0.15) is 0 Å². The van der Waals surface area contributed by atoms with Gasteiger partial charge < -0.3 is 10.7 Å². The van der Waals surface area contributed by atoms with Crippen molar-refractivity contribution in [3.8, 4) is 0 Å². The summed E-state index contributed by atoms with van der Waals surface area (Å²) in [4.78, 5) is 7.30. The van der Waals surface area contributed by atoms with E-state index in [1.165, 1.54) is 5.56 Å². The molecule has 0 unspecified atom stereocenters. The zero-order valence-corrected chi connectivity index (χ0v) is 7.96. The van der Waals surface area contributed by atoms with E-state index in [0.717, 1.165) is 30.3 Å². The fourth-order valence-electron chi connectivity index (χ4n) is 1.84. The number of nitrogens with one attached hydrogen (secondary N) is 1. The van der Waals surface area contributed by atoms with Crippen molar-refractivity contribution >= 4 is 11.0 Å². The molecule has 3 rings (SSSR count). The molecule has 72 valence electrons. The number of H-pyrrole nitrogens is 1. The van der Waals surface area contributed by atoms with E-state index in [0.29, 0.717) is 0 Å². The number of aromatic nitrogens is 2. The SMILES string of the molecule is NC1(Cc2ccc3nc[nH]c3c2)CC1. The van der Waals surface area contributed by atoms with E-state index in [9.17, 15) is 0 Å². The lowest BCUT2D eigenvalue weighted by molar-refractivity contribution is 0.672. The van der Waals surface area contributed by atoms with Gasteiger partial charge in [0.25, 0.3) is 0 Å². The second-order valence-electron chi connectivity index (χ2n) is 4.29. The third kappa shape index (κ3) is 1.30. The van der Waals surface area contributed by atoms with Crippen LogP contribution < -0.4 is 5.73 Å². The quantitative estimate of drug-likeness (QED) is 0.750. The van der Waals surface area contributed by atoms with Crippen LogP contribution in [0.4, 0.5) is 0 Å². The molecule has 1 fully saturated rings. The van der Waals surface area contributed by atoms with Crippen molar-refractivity contribution in [2.75, 3.05) is 0 Å². The average Bonchev–Trinajstić information content (AvgIpc) is 2.73.